The van der Waals surface area contributed by atoms with Crippen molar-refractivity contribution >= 4 is 27.1 Å². The first-order valence-electron chi connectivity index (χ1n) is 7.81. The molecule has 5 nitrogen and oxygen atoms in total. The van der Waals surface area contributed by atoms with Gasteiger partial charge in [-0.15, -0.1) is 11.3 Å². The van der Waals surface area contributed by atoms with E-state index in [0.29, 0.717) is 6.42 Å². The molecule has 1 aliphatic heterocycles. The van der Waals surface area contributed by atoms with E-state index in [-0.39, 0.29) is 29.9 Å². The molecule has 0 N–H and O–H groups in total. The van der Waals surface area contributed by atoms with E-state index in [0.717, 1.165) is 16.3 Å². The van der Waals surface area contributed by atoms with Gasteiger partial charge in [0.15, 0.2) is 9.84 Å². The number of carbonyl (C=O) groups is 1. The van der Waals surface area contributed by atoms with E-state index in [2.05, 4.69) is 4.98 Å². The summed E-state index contributed by atoms with van der Waals surface area (Å²) in [5, 5.41) is 2.79. The monoisotopic (exact) mass is 364 g/mol. The van der Waals surface area contributed by atoms with Gasteiger partial charge in [-0.25, -0.2) is 13.4 Å². The first kappa shape index (κ1) is 17.1. The van der Waals surface area contributed by atoms with Crippen LogP contribution in [0.25, 0.3) is 10.6 Å². The van der Waals surface area contributed by atoms with E-state index in [1.54, 1.807) is 11.9 Å². The first-order chi connectivity index (χ1) is 11.3. The smallest absolute Gasteiger partial charge is 0.228 e. The molecular formula is C17H20N2O3S2. The van der Waals surface area contributed by atoms with Crippen molar-refractivity contribution in [3.05, 3.63) is 40.9 Å². The van der Waals surface area contributed by atoms with Crippen LogP contribution in [0.5, 0.6) is 0 Å². The van der Waals surface area contributed by atoms with Crippen molar-refractivity contribution in [2.24, 2.45) is 0 Å². The molecule has 0 saturated carbocycles. The summed E-state index contributed by atoms with van der Waals surface area (Å²) in [6.45, 7) is 2.04. The van der Waals surface area contributed by atoms with E-state index in [9.17, 15) is 13.2 Å². The number of carbonyl (C=O) groups excluding carboxylic acids is 1. The van der Waals surface area contributed by atoms with Crippen LogP contribution in [-0.2, 0) is 21.1 Å². The maximum atomic E-state index is 12.4. The minimum absolute atomic E-state index is 0.0704. The molecule has 1 aromatic heterocycles. The van der Waals surface area contributed by atoms with E-state index in [1.165, 1.54) is 16.9 Å². The Labute approximate surface area is 146 Å². The largest absolute Gasteiger partial charge is 0.341 e. The number of hydrogen-bond acceptors (Lipinski definition) is 5. The number of aryl methyl sites for hydroxylation is 1. The molecule has 0 spiro atoms. The summed E-state index contributed by atoms with van der Waals surface area (Å²) in [4.78, 5) is 18.5. The lowest BCUT2D eigenvalue weighted by molar-refractivity contribution is -0.130. The van der Waals surface area contributed by atoms with Crippen LogP contribution < -0.4 is 0 Å². The lowest BCUT2D eigenvalue weighted by Gasteiger charge is -2.23. The maximum absolute atomic E-state index is 12.4. The third-order valence-electron chi connectivity index (χ3n) is 4.33. The molecule has 0 aliphatic carbocycles. The van der Waals surface area contributed by atoms with Crippen LogP contribution in [0, 0.1) is 6.92 Å². The molecule has 1 saturated heterocycles. The average Bonchev–Trinajstić information content (AvgIpc) is 3.13. The minimum Gasteiger partial charge on any atom is -0.341 e. The van der Waals surface area contributed by atoms with Crippen LogP contribution in [0.2, 0.25) is 0 Å². The highest BCUT2D eigenvalue weighted by molar-refractivity contribution is 7.91. The van der Waals surface area contributed by atoms with Crippen LogP contribution in [0.1, 0.15) is 17.7 Å². The standard InChI is InChI=1S/C17H20N2O3S2/c1-12-3-5-13(6-4-12)17-18-14(10-23-17)9-16(20)19(2)15-7-8-24(21,22)11-15/h3-6,10,15H,7-9,11H2,1-2H3. The molecule has 0 bridgehead atoms. The Kier molecular flexibility index (Phi) is 4.73. The number of aromatic nitrogens is 1. The van der Waals surface area contributed by atoms with Crippen LogP contribution in [-0.4, -0.2) is 48.8 Å². The molecule has 2 aromatic rings. The maximum Gasteiger partial charge on any atom is 0.228 e. The number of thiazole rings is 1. The second-order valence-corrected chi connectivity index (χ2v) is 9.34. The molecule has 24 heavy (non-hydrogen) atoms. The second-order valence-electron chi connectivity index (χ2n) is 6.25. The van der Waals surface area contributed by atoms with Gasteiger partial charge in [-0.3, -0.25) is 4.79 Å². The molecule has 2 heterocycles. The molecule has 7 heteroatoms. The Bertz CT molecular complexity index is 841. The van der Waals surface area contributed by atoms with Crippen LogP contribution in [0.15, 0.2) is 29.6 Å². The van der Waals surface area contributed by atoms with Gasteiger partial charge in [0.2, 0.25) is 5.91 Å². The predicted molar refractivity (Wildman–Crippen MR) is 95.8 cm³/mol. The van der Waals surface area contributed by atoms with Gasteiger partial charge in [-0.2, -0.15) is 0 Å². The van der Waals surface area contributed by atoms with Crippen molar-refractivity contribution in [2.75, 3.05) is 18.6 Å². The van der Waals surface area contributed by atoms with Crippen molar-refractivity contribution in [2.45, 2.75) is 25.8 Å². The highest BCUT2D eigenvalue weighted by atomic mass is 32.2. The van der Waals surface area contributed by atoms with Crippen molar-refractivity contribution in [1.82, 2.24) is 9.88 Å². The summed E-state index contributed by atoms with van der Waals surface area (Å²) in [5.74, 6) is 0.155. The third kappa shape index (κ3) is 3.84. The van der Waals surface area contributed by atoms with Crippen molar-refractivity contribution < 1.29 is 13.2 Å². The average molecular weight is 364 g/mol. The van der Waals surface area contributed by atoms with E-state index >= 15 is 0 Å². The number of nitrogens with zero attached hydrogens (tertiary/aromatic N) is 2. The number of amides is 1. The zero-order valence-electron chi connectivity index (χ0n) is 13.7. The van der Waals surface area contributed by atoms with Gasteiger partial charge in [0.25, 0.3) is 0 Å². The fourth-order valence-corrected chi connectivity index (χ4v) is 5.38. The summed E-state index contributed by atoms with van der Waals surface area (Å²) in [7, 11) is -1.31. The Morgan fingerprint density at radius 1 is 1.33 bits per heavy atom. The van der Waals surface area contributed by atoms with Gasteiger partial charge < -0.3 is 4.90 Å². The first-order valence-corrected chi connectivity index (χ1v) is 10.5. The highest BCUT2D eigenvalue weighted by Crippen LogP contribution is 2.25. The van der Waals surface area contributed by atoms with Crippen LogP contribution in [0.3, 0.4) is 0 Å². The van der Waals surface area contributed by atoms with Gasteiger partial charge in [0.1, 0.15) is 5.01 Å². The molecule has 128 valence electrons. The zero-order chi connectivity index (χ0) is 17.3. The van der Waals surface area contributed by atoms with Crippen molar-refractivity contribution in [1.29, 1.82) is 0 Å². The number of likely N-dealkylation sites (N-methyl/N-ethyl adjacent to an activating group) is 1. The van der Waals surface area contributed by atoms with Gasteiger partial charge in [-0.1, -0.05) is 29.8 Å². The quantitative estimate of drug-likeness (QED) is 0.835. The zero-order valence-corrected chi connectivity index (χ0v) is 15.4. The number of benzene rings is 1. The molecular weight excluding hydrogens is 344 g/mol. The number of sulfone groups is 1. The SMILES string of the molecule is Cc1ccc(-c2nc(CC(=O)N(C)C3CCS(=O)(=O)C3)cs2)cc1. The van der Waals surface area contributed by atoms with Gasteiger partial charge in [-0.05, 0) is 13.3 Å². The summed E-state index contributed by atoms with van der Waals surface area (Å²) in [6, 6.07) is 7.91. The second kappa shape index (κ2) is 6.64. The number of hydrogen-bond donors (Lipinski definition) is 0. The van der Waals surface area contributed by atoms with Gasteiger partial charge >= 0.3 is 0 Å². The van der Waals surface area contributed by atoms with Gasteiger partial charge in [0, 0.05) is 24.0 Å². The molecule has 3 rings (SSSR count). The van der Waals surface area contributed by atoms with Crippen molar-refractivity contribution in [3.8, 4) is 10.6 Å². The Morgan fingerprint density at radius 2 is 2.04 bits per heavy atom. The van der Waals surface area contributed by atoms with E-state index < -0.39 is 9.84 Å². The normalized spacial score (nSPS) is 19.3. The summed E-state index contributed by atoms with van der Waals surface area (Å²) >= 11 is 1.52. The topological polar surface area (TPSA) is 67.3 Å². The Hall–Kier alpha value is -1.73. The molecule has 0 radical (unpaired) electrons. The molecule has 1 fully saturated rings. The summed E-state index contributed by atoms with van der Waals surface area (Å²) in [6.07, 6.45) is 0.728. The Morgan fingerprint density at radius 3 is 2.67 bits per heavy atom. The fourth-order valence-electron chi connectivity index (χ4n) is 2.78. The highest BCUT2D eigenvalue weighted by Gasteiger charge is 2.32. The fraction of sp³-hybridized carbons (Fsp3) is 0.412. The molecule has 1 aromatic carbocycles. The lowest BCUT2D eigenvalue weighted by Crippen LogP contribution is -2.38. The summed E-state index contributed by atoms with van der Waals surface area (Å²) in [5.41, 5.74) is 2.96. The third-order valence-corrected chi connectivity index (χ3v) is 7.02. The lowest BCUT2D eigenvalue weighted by atomic mass is 10.1. The van der Waals surface area contributed by atoms with E-state index in [1.807, 2.05) is 36.6 Å². The summed E-state index contributed by atoms with van der Waals surface area (Å²) < 4.78 is 23.1. The number of rotatable bonds is 4. The van der Waals surface area contributed by atoms with E-state index in [4.69, 9.17) is 0 Å². The van der Waals surface area contributed by atoms with Crippen LogP contribution >= 0.6 is 11.3 Å². The molecule has 1 amide bonds. The molecule has 1 aliphatic rings. The van der Waals surface area contributed by atoms with Crippen molar-refractivity contribution in [3.63, 3.8) is 0 Å². The minimum atomic E-state index is -2.99. The Balaban J connectivity index is 1.66. The van der Waals surface area contributed by atoms with Gasteiger partial charge in [0.05, 0.1) is 23.6 Å². The molecule has 1 unspecified atom stereocenters. The molecule has 1 atom stereocenters. The predicted octanol–water partition coefficient (Wildman–Crippen LogP) is 2.31. The van der Waals surface area contributed by atoms with Crippen LogP contribution in [0.4, 0.5) is 0 Å².